The predicted octanol–water partition coefficient (Wildman–Crippen LogP) is 3.42. The van der Waals surface area contributed by atoms with Crippen LogP contribution < -0.4 is 9.05 Å². The van der Waals surface area contributed by atoms with E-state index in [2.05, 4.69) is 0 Å². The molecule has 0 saturated heterocycles. The van der Waals surface area contributed by atoms with Crippen molar-refractivity contribution in [3.63, 3.8) is 0 Å². The van der Waals surface area contributed by atoms with Crippen LogP contribution in [0.15, 0.2) is 60.7 Å². The molecule has 0 aliphatic heterocycles. The second-order valence-corrected chi connectivity index (χ2v) is 3.84. The first-order chi connectivity index (χ1) is 7.84. The van der Waals surface area contributed by atoms with E-state index in [1.165, 1.54) is 0 Å². The average molecular weight is 256 g/mol. The van der Waals surface area contributed by atoms with E-state index < -0.39 is 8.25 Å². The maximum Gasteiger partial charge on any atom is 0.805 e. The molecule has 0 aliphatic carbocycles. The van der Waals surface area contributed by atoms with Gasteiger partial charge in [-0.1, -0.05) is 36.4 Å². The number of hydrogen-bond acceptors (Lipinski definition) is 3. The molecular weight excluding hydrogens is 246 g/mol. The summed E-state index contributed by atoms with van der Waals surface area (Å²) in [4.78, 5) is 0. The van der Waals surface area contributed by atoms with Crippen molar-refractivity contribution in [1.29, 1.82) is 0 Å². The van der Waals surface area contributed by atoms with Gasteiger partial charge in [0.1, 0.15) is 0 Å². The van der Waals surface area contributed by atoms with Crippen molar-refractivity contribution < 1.29 is 13.6 Å². The van der Waals surface area contributed by atoms with Crippen molar-refractivity contribution in [2.45, 2.75) is 0 Å². The summed E-state index contributed by atoms with van der Waals surface area (Å²) in [5, 5.41) is 0. The average Bonchev–Trinajstić information content (AvgIpc) is 2.31. The van der Waals surface area contributed by atoms with Gasteiger partial charge >= 0.3 is 8.25 Å². The van der Waals surface area contributed by atoms with Crippen LogP contribution in [0.25, 0.3) is 0 Å². The molecule has 0 aliphatic rings. The van der Waals surface area contributed by atoms with Gasteiger partial charge in [-0.2, -0.15) is 0 Å². The first kappa shape index (κ1) is 14.2. The standard InChI is InChI=1S/C12H10O3P.Na/c13-16(14-11-7-3-1-4-8-11)15-12-9-5-2-6-10-12;/h1-10H;/q+1;. The van der Waals surface area contributed by atoms with Gasteiger partial charge in [0.2, 0.25) is 0 Å². The van der Waals surface area contributed by atoms with Gasteiger partial charge in [0.15, 0.2) is 11.5 Å². The van der Waals surface area contributed by atoms with Crippen LogP contribution >= 0.6 is 8.25 Å². The van der Waals surface area contributed by atoms with Gasteiger partial charge in [0.05, 0.1) is 0 Å². The summed E-state index contributed by atoms with van der Waals surface area (Å²) in [6.07, 6.45) is 0. The molecule has 0 amide bonds. The molecule has 3 nitrogen and oxygen atoms in total. The van der Waals surface area contributed by atoms with Gasteiger partial charge in [-0.25, -0.2) is 9.05 Å². The van der Waals surface area contributed by atoms with E-state index in [0.29, 0.717) is 11.5 Å². The van der Waals surface area contributed by atoms with Crippen molar-refractivity contribution >= 4 is 37.8 Å². The molecule has 5 heteroatoms. The molecule has 0 unspecified atom stereocenters. The third-order valence-electron chi connectivity index (χ3n) is 1.85. The van der Waals surface area contributed by atoms with Gasteiger partial charge in [0.25, 0.3) is 0 Å². The van der Waals surface area contributed by atoms with Crippen LogP contribution in [0.4, 0.5) is 0 Å². The van der Waals surface area contributed by atoms with Crippen molar-refractivity contribution in [3.05, 3.63) is 60.7 Å². The fourth-order valence-electron chi connectivity index (χ4n) is 1.15. The minimum Gasteiger partial charge on any atom is -0.222 e. The predicted molar refractivity (Wildman–Crippen MR) is 67.5 cm³/mol. The first-order valence-electron chi connectivity index (χ1n) is 4.78. The number of hydrogen-bond donors (Lipinski definition) is 0. The maximum absolute atomic E-state index is 11.5. The normalized spacial score (nSPS) is 8.94. The van der Waals surface area contributed by atoms with Crippen molar-refractivity contribution in [2.24, 2.45) is 0 Å². The van der Waals surface area contributed by atoms with E-state index in [1.54, 1.807) is 48.5 Å². The molecule has 2 rings (SSSR count). The molecule has 2 aromatic carbocycles. The van der Waals surface area contributed by atoms with Gasteiger partial charge in [-0.15, -0.1) is 0 Å². The third kappa shape index (κ3) is 4.88. The van der Waals surface area contributed by atoms with E-state index >= 15 is 0 Å². The minimum absolute atomic E-state index is 0. The summed E-state index contributed by atoms with van der Waals surface area (Å²) in [6.45, 7) is 0. The molecule has 0 bridgehead atoms. The van der Waals surface area contributed by atoms with Crippen molar-refractivity contribution in [2.75, 3.05) is 0 Å². The van der Waals surface area contributed by atoms with Crippen LogP contribution in [0.1, 0.15) is 0 Å². The van der Waals surface area contributed by atoms with Crippen LogP contribution in [0.3, 0.4) is 0 Å². The molecule has 0 saturated carbocycles. The molecule has 2 aromatic rings. The van der Waals surface area contributed by atoms with Crippen LogP contribution in [0.5, 0.6) is 11.5 Å². The molecule has 81 valence electrons. The van der Waals surface area contributed by atoms with Gasteiger partial charge in [-0.3, -0.25) is 0 Å². The number of benzene rings is 2. The Morgan fingerprint density at radius 2 is 1.06 bits per heavy atom. The quantitative estimate of drug-likeness (QED) is 0.621. The Balaban J connectivity index is 0.00000144. The monoisotopic (exact) mass is 256 g/mol. The van der Waals surface area contributed by atoms with Crippen LogP contribution in [0, 0.1) is 0 Å². The summed E-state index contributed by atoms with van der Waals surface area (Å²) < 4.78 is 21.7. The third-order valence-corrected chi connectivity index (χ3v) is 2.57. The zero-order valence-corrected chi connectivity index (χ0v) is 12.3. The zero-order valence-electron chi connectivity index (χ0n) is 9.45. The fraction of sp³-hybridized carbons (Fsp3) is 0. The molecule has 17 heavy (non-hydrogen) atoms. The van der Waals surface area contributed by atoms with E-state index in [0.717, 1.165) is 0 Å². The Morgan fingerprint density at radius 3 is 1.41 bits per heavy atom. The summed E-state index contributed by atoms with van der Waals surface area (Å²) in [7, 11) is -2.18. The van der Waals surface area contributed by atoms with Crippen molar-refractivity contribution in [3.8, 4) is 11.5 Å². The first-order valence-corrected chi connectivity index (χ1v) is 5.87. The van der Waals surface area contributed by atoms with Crippen LogP contribution in [-0.2, 0) is 4.57 Å². The largest absolute Gasteiger partial charge is 0.805 e. The molecule has 0 N–H and O–H groups in total. The fourth-order valence-corrected chi connectivity index (χ4v) is 1.78. The number of para-hydroxylation sites is 2. The summed E-state index contributed by atoms with van der Waals surface area (Å²) in [6, 6.07) is 17.8. The summed E-state index contributed by atoms with van der Waals surface area (Å²) >= 11 is 0. The van der Waals surface area contributed by atoms with E-state index in [1.807, 2.05) is 12.1 Å². The Morgan fingerprint density at radius 1 is 0.706 bits per heavy atom. The zero-order chi connectivity index (χ0) is 11.2. The van der Waals surface area contributed by atoms with E-state index in [-0.39, 0.29) is 29.6 Å². The van der Waals surface area contributed by atoms with Crippen molar-refractivity contribution in [1.82, 2.24) is 0 Å². The van der Waals surface area contributed by atoms with Gasteiger partial charge < -0.3 is 0 Å². The van der Waals surface area contributed by atoms with Gasteiger partial charge in [-0.05, 0) is 24.3 Å². The van der Waals surface area contributed by atoms with Crippen LogP contribution in [0.2, 0.25) is 0 Å². The summed E-state index contributed by atoms with van der Waals surface area (Å²) in [5.41, 5.74) is 0. The maximum atomic E-state index is 11.5. The van der Waals surface area contributed by atoms with E-state index in [4.69, 9.17) is 9.05 Å². The Kier molecular flexibility index (Phi) is 6.23. The molecule has 0 spiro atoms. The molecule has 0 atom stereocenters. The molecule has 1 radical (unpaired) electrons. The SMILES string of the molecule is O=[P+](Oc1ccccc1)Oc1ccccc1.[Na]. The minimum atomic E-state index is -2.18. The summed E-state index contributed by atoms with van der Waals surface area (Å²) in [5.74, 6) is 1.05. The van der Waals surface area contributed by atoms with E-state index in [9.17, 15) is 4.57 Å². The Bertz CT molecular complexity index is 418. The molecule has 0 fully saturated rings. The molecule has 0 aromatic heterocycles. The molecular formula is C12H10NaO3P+. The Hall–Kier alpha value is -0.860. The topological polar surface area (TPSA) is 35.5 Å². The molecule has 0 heterocycles. The number of rotatable bonds is 4. The second kappa shape index (κ2) is 7.46. The Labute approximate surface area is 123 Å². The smallest absolute Gasteiger partial charge is 0.222 e. The van der Waals surface area contributed by atoms with Crippen LogP contribution in [-0.4, -0.2) is 29.6 Å². The van der Waals surface area contributed by atoms with Gasteiger partial charge in [0, 0.05) is 34.1 Å². The second-order valence-electron chi connectivity index (χ2n) is 3.03.